The second-order valence-electron chi connectivity index (χ2n) is 9.38. The summed E-state index contributed by atoms with van der Waals surface area (Å²) in [5.74, 6) is 3.29. The average Bonchev–Trinajstić information content (AvgIpc) is 3.07. The van der Waals surface area contributed by atoms with E-state index >= 15 is 8.63 Å². The maximum Gasteiger partial charge on any atom is 0.737 e. The number of fused-ring (bicyclic) bond motifs is 2. The highest BCUT2D eigenvalue weighted by atomic mass is 127. The van der Waals surface area contributed by atoms with Gasteiger partial charge < -0.3 is 17.6 Å². The summed E-state index contributed by atoms with van der Waals surface area (Å²) in [6.45, 7) is 9.93. The molecule has 7 heteroatoms. The largest absolute Gasteiger partial charge is 0.737 e. The summed E-state index contributed by atoms with van der Waals surface area (Å²) in [5, 5.41) is 0. The third-order valence-electron chi connectivity index (χ3n) is 6.02. The Balaban J connectivity index is 2.18. The molecule has 0 N–H and O–H groups in total. The maximum absolute atomic E-state index is 16.2. The molecular formula is C24H26BF2IN2Si. The quantitative estimate of drug-likeness (QED) is 0.223. The lowest BCUT2D eigenvalue weighted by Gasteiger charge is -2.33. The number of hydrogen-bond donors (Lipinski definition) is 0. The second kappa shape index (κ2) is 7.31. The van der Waals surface area contributed by atoms with Crippen molar-refractivity contribution in [2.45, 2.75) is 47.3 Å². The van der Waals surface area contributed by atoms with Crippen molar-refractivity contribution in [1.29, 1.82) is 0 Å². The van der Waals surface area contributed by atoms with Crippen molar-refractivity contribution in [3.63, 3.8) is 0 Å². The molecule has 1 aromatic heterocycles. The molecule has 3 heterocycles. The fraction of sp³-hybridized carbons (Fsp3) is 0.292. The molecule has 0 unspecified atom stereocenters. The highest BCUT2D eigenvalue weighted by Gasteiger charge is 2.56. The first-order chi connectivity index (χ1) is 14.4. The van der Waals surface area contributed by atoms with Crippen molar-refractivity contribution in [2.75, 3.05) is 0 Å². The molecule has 2 aromatic rings. The number of aromatic nitrogens is 1. The molecule has 0 radical (unpaired) electrons. The van der Waals surface area contributed by atoms with Gasteiger partial charge in [0.1, 0.15) is 13.8 Å². The summed E-state index contributed by atoms with van der Waals surface area (Å²) in [6.07, 6.45) is 0. The van der Waals surface area contributed by atoms with E-state index in [1.54, 1.807) is 13.8 Å². The Kier molecular flexibility index (Phi) is 5.25. The zero-order chi connectivity index (χ0) is 22.9. The van der Waals surface area contributed by atoms with Gasteiger partial charge in [0.2, 0.25) is 0 Å². The first-order valence-corrected chi connectivity index (χ1v) is 15.0. The SMILES string of the molecule is CC1=C(C#C[Si](C)(C)C)C(C)=[N+]2C1=C(c1ccccc1)c1c(C)c(I)c(C)n1[B-]2(F)F. The molecule has 0 fully saturated rings. The van der Waals surface area contributed by atoms with Crippen LogP contribution in [0.1, 0.15) is 36.4 Å². The van der Waals surface area contributed by atoms with Crippen molar-refractivity contribution >= 4 is 48.9 Å². The minimum atomic E-state index is -4.04. The van der Waals surface area contributed by atoms with Gasteiger partial charge in [-0.15, -0.1) is 5.54 Å². The van der Waals surface area contributed by atoms with Crippen molar-refractivity contribution in [3.05, 3.63) is 73.3 Å². The third-order valence-corrected chi connectivity index (χ3v) is 8.48. The maximum atomic E-state index is 16.2. The zero-order valence-electron chi connectivity index (χ0n) is 19.0. The van der Waals surface area contributed by atoms with Crippen LogP contribution < -0.4 is 0 Å². The molecule has 2 nitrogen and oxygen atoms in total. The molecule has 0 amide bonds. The normalized spacial score (nSPS) is 17.6. The summed E-state index contributed by atoms with van der Waals surface area (Å²) in [7, 11) is -1.66. The molecule has 0 saturated carbocycles. The lowest BCUT2D eigenvalue weighted by molar-refractivity contribution is -0.363. The molecular weight excluding hydrogens is 520 g/mol. The summed E-state index contributed by atoms with van der Waals surface area (Å²) in [5.41, 5.74) is 10.0. The Morgan fingerprint density at radius 2 is 1.65 bits per heavy atom. The molecule has 0 atom stereocenters. The van der Waals surface area contributed by atoms with Gasteiger partial charge in [0, 0.05) is 21.8 Å². The monoisotopic (exact) mass is 546 g/mol. The van der Waals surface area contributed by atoms with Gasteiger partial charge in [0.25, 0.3) is 0 Å². The van der Waals surface area contributed by atoms with E-state index in [0.29, 0.717) is 22.8 Å². The van der Waals surface area contributed by atoms with E-state index in [0.717, 1.165) is 31.4 Å². The van der Waals surface area contributed by atoms with Gasteiger partial charge in [0.15, 0.2) is 5.70 Å². The van der Waals surface area contributed by atoms with Gasteiger partial charge in [-0.05, 0) is 60.2 Å². The molecule has 0 aliphatic carbocycles. The third kappa shape index (κ3) is 3.30. The van der Waals surface area contributed by atoms with Crippen LogP contribution in [0.3, 0.4) is 0 Å². The lowest BCUT2D eigenvalue weighted by Crippen LogP contribution is -2.51. The van der Waals surface area contributed by atoms with E-state index in [1.807, 2.05) is 44.2 Å². The summed E-state index contributed by atoms with van der Waals surface area (Å²) >= 11 is 2.19. The Hall–Kier alpha value is -1.92. The molecule has 31 heavy (non-hydrogen) atoms. The van der Waals surface area contributed by atoms with Crippen LogP contribution >= 0.6 is 22.6 Å². The van der Waals surface area contributed by atoms with Crippen LogP contribution in [0.15, 0.2) is 47.2 Å². The standard InChI is InChI=1S/C24H26BF2IN2Si/c1-15-20(13-14-31(5,6)7)17(3)29-23(15)21(19-11-9-8-10-12-19)24-16(2)22(28)18(4)30(24)25(29,26)27/h8-12H,1-7H3. The van der Waals surface area contributed by atoms with Gasteiger partial charge in [-0.3, -0.25) is 0 Å². The zero-order valence-corrected chi connectivity index (χ0v) is 22.1. The van der Waals surface area contributed by atoms with Crippen molar-refractivity contribution in [2.24, 2.45) is 0 Å². The lowest BCUT2D eigenvalue weighted by atomic mass is 9.84. The molecule has 0 spiro atoms. The number of halogens is 3. The minimum Gasteiger partial charge on any atom is -0.392 e. The van der Waals surface area contributed by atoms with E-state index in [2.05, 4.69) is 53.7 Å². The smallest absolute Gasteiger partial charge is 0.392 e. The molecule has 2 aliphatic heterocycles. The van der Waals surface area contributed by atoms with Crippen LogP contribution in [0, 0.1) is 28.9 Å². The molecule has 2 aliphatic rings. The number of hydrogen-bond acceptors (Lipinski definition) is 0. The van der Waals surface area contributed by atoms with Crippen LogP contribution in [0.25, 0.3) is 5.57 Å². The second-order valence-corrected chi connectivity index (χ2v) is 15.2. The van der Waals surface area contributed by atoms with Crippen molar-refractivity contribution < 1.29 is 13.1 Å². The number of rotatable bonds is 1. The van der Waals surface area contributed by atoms with E-state index in [9.17, 15) is 0 Å². The molecule has 0 saturated heterocycles. The fourth-order valence-corrected chi connectivity index (χ4v) is 5.64. The predicted molar refractivity (Wildman–Crippen MR) is 137 cm³/mol. The van der Waals surface area contributed by atoms with Gasteiger partial charge in [-0.25, -0.2) is 0 Å². The highest BCUT2D eigenvalue weighted by Crippen LogP contribution is 2.46. The fourth-order valence-electron chi connectivity index (χ4n) is 4.62. The van der Waals surface area contributed by atoms with E-state index in [4.69, 9.17) is 0 Å². The minimum absolute atomic E-state index is 0.545. The van der Waals surface area contributed by atoms with Gasteiger partial charge in [0.05, 0.1) is 11.1 Å². The Bertz CT molecular complexity index is 1280. The summed E-state index contributed by atoms with van der Waals surface area (Å²) < 4.78 is 35.8. The topological polar surface area (TPSA) is 7.94 Å². The average molecular weight is 546 g/mol. The number of nitrogens with zero attached hydrogens (tertiary/aromatic N) is 2. The molecule has 4 rings (SSSR count). The number of allylic oxidation sites excluding steroid dienone is 2. The van der Waals surface area contributed by atoms with Crippen molar-refractivity contribution in [3.8, 4) is 11.5 Å². The van der Waals surface area contributed by atoms with E-state index in [-0.39, 0.29) is 0 Å². The van der Waals surface area contributed by atoms with Crippen LogP contribution in [0.4, 0.5) is 8.63 Å². The molecule has 0 bridgehead atoms. The first kappa shape index (κ1) is 22.3. The van der Waals surface area contributed by atoms with Gasteiger partial charge >= 0.3 is 6.97 Å². The molecule has 160 valence electrons. The van der Waals surface area contributed by atoms with Crippen molar-refractivity contribution in [1.82, 2.24) is 4.48 Å². The van der Waals surface area contributed by atoms with Crippen LogP contribution in [0.2, 0.25) is 19.6 Å². The van der Waals surface area contributed by atoms with E-state index in [1.165, 1.54) is 8.96 Å². The number of benzene rings is 1. The van der Waals surface area contributed by atoms with E-state index < -0.39 is 15.0 Å². The Morgan fingerprint density at radius 3 is 2.23 bits per heavy atom. The van der Waals surface area contributed by atoms with Crippen LogP contribution in [0.5, 0.6) is 0 Å². The Morgan fingerprint density at radius 1 is 1.03 bits per heavy atom. The van der Waals surface area contributed by atoms with Gasteiger partial charge in [-0.2, -0.15) is 0 Å². The highest BCUT2D eigenvalue weighted by molar-refractivity contribution is 14.1. The van der Waals surface area contributed by atoms with Crippen LogP contribution in [-0.2, 0) is 0 Å². The first-order valence-electron chi connectivity index (χ1n) is 10.4. The Labute approximate surface area is 198 Å². The van der Waals surface area contributed by atoms with Gasteiger partial charge in [-0.1, -0.05) is 55.9 Å². The molecule has 1 aromatic carbocycles. The predicted octanol–water partition coefficient (Wildman–Crippen LogP) is 6.39. The van der Waals surface area contributed by atoms with Crippen LogP contribution in [-0.4, -0.2) is 29.7 Å². The summed E-state index contributed by atoms with van der Waals surface area (Å²) in [6, 6.07) is 9.88. The summed E-state index contributed by atoms with van der Waals surface area (Å²) in [4.78, 5) is 0.